The average molecular weight is 2720 g/mol. The number of benzene rings is 6. The molecule has 14 rings (SSSR count). The van der Waals surface area contributed by atoms with Crippen LogP contribution in [-0.4, -0.2) is 118 Å². The number of hydrogen-bond acceptors (Lipinski definition) is 18. The largest absolute Gasteiger partial charge is 0.411 e. The maximum absolute atomic E-state index is 14.9. The summed E-state index contributed by atoms with van der Waals surface area (Å²) in [5, 5.41) is 43.2. The molecule has 814 valence electrons. The minimum atomic E-state index is -2.43. The number of ketones is 3. The molecule has 0 heterocycles. The van der Waals surface area contributed by atoms with Crippen LogP contribution in [0.2, 0.25) is 78.6 Å². The molecule has 0 radical (unpaired) electrons. The highest BCUT2D eigenvalue weighted by molar-refractivity contribution is 8.79. The van der Waals surface area contributed by atoms with Gasteiger partial charge in [0, 0.05) is 373 Å². The van der Waals surface area contributed by atoms with Crippen LogP contribution in [0.25, 0.3) is 0 Å². The van der Waals surface area contributed by atoms with Crippen LogP contribution in [0.3, 0.4) is 0 Å². The average Bonchev–Trinajstić information content (AvgIpc) is 1.44. The molecule has 148 heavy (non-hydrogen) atoms. The van der Waals surface area contributed by atoms with E-state index in [4.69, 9.17) is 89.0 Å². The lowest BCUT2D eigenvalue weighted by molar-refractivity contribution is -0.465. The first-order chi connectivity index (χ1) is 70.0. The summed E-state index contributed by atoms with van der Waals surface area (Å²) in [6.45, 7) is 51.9. The van der Waals surface area contributed by atoms with Crippen LogP contribution in [0.5, 0.6) is 0 Å². The molecule has 0 amide bonds. The van der Waals surface area contributed by atoms with Gasteiger partial charge >= 0.3 is 0 Å². The fourth-order valence-corrected chi connectivity index (χ4v) is 104. The van der Waals surface area contributed by atoms with Crippen LogP contribution in [0, 0.1) is 57.2 Å². The Labute approximate surface area is 986 Å². The Morgan fingerprint density at radius 2 is 0.568 bits per heavy atom. The van der Waals surface area contributed by atoms with Crippen LogP contribution in [-0.2, 0) is 378 Å². The zero-order valence-electron chi connectivity index (χ0n) is 85.2. The van der Waals surface area contributed by atoms with Gasteiger partial charge in [0.25, 0.3) is 0 Å². The molecular weight excluding hydrogens is 2600 g/mol. The van der Waals surface area contributed by atoms with Crippen molar-refractivity contribution in [2.24, 2.45) is 57.2 Å². The van der Waals surface area contributed by atoms with Gasteiger partial charge in [-0.15, -0.1) is 0 Å². The summed E-state index contributed by atoms with van der Waals surface area (Å²) < 4.78 is 44.1. The quantitative estimate of drug-likeness (QED) is 0.0164. The van der Waals surface area contributed by atoms with Gasteiger partial charge in [0.05, 0.1) is 41.0 Å². The van der Waals surface area contributed by atoms with Crippen molar-refractivity contribution in [3.05, 3.63) is 274 Å². The van der Waals surface area contributed by atoms with E-state index < -0.39 is 118 Å². The molecule has 0 spiro atoms. The van der Waals surface area contributed by atoms with E-state index in [1.165, 1.54) is 35.5 Å². The highest BCUT2D eigenvalue weighted by atomic mass is 33.5. The number of carbonyl (C=O) groups is 3. The third kappa shape index (κ3) is 29.2. The van der Waals surface area contributed by atoms with Crippen molar-refractivity contribution < 1.29 is 67.3 Å². The van der Waals surface area contributed by atoms with Crippen LogP contribution in [0.15, 0.2) is 241 Å². The maximum atomic E-state index is 14.9. The maximum Gasteiger partial charge on any atom is 0.189 e. The summed E-state index contributed by atoms with van der Waals surface area (Å²) in [4.78, 5) is 44.4. The van der Waals surface area contributed by atoms with E-state index in [0.717, 1.165) is 50.1 Å². The van der Waals surface area contributed by atoms with E-state index in [1.807, 2.05) is 92.7 Å². The van der Waals surface area contributed by atoms with E-state index in [-0.39, 0.29) is 54.2 Å². The summed E-state index contributed by atoms with van der Waals surface area (Å²) in [5.41, 5.74) is -1.30. The van der Waals surface area contributed by atoms with E-state index in [2.05, 4.69) is 259 Å². The Morgan fingerprint density at radius 3 is 0.777 bits per heavy atom. The number of Topliss-reactive ketones (excluding diaryl/α,β-unsaturated/α-hetero) is 3. The van der Waals surface area contributed by atoms with E-state index in [1.54, 1.807) is 247 Å². The summed E-state index contributed by atoms with van der Waals surface area (Å²) in [6, 6.07) is 62.1. The normalized spacial score (nSPS) is 26.2. The minimum Gasteiger partial charge on any atom is -0.411 e. The number of fused-ring (bicyclic) bond motifs is 10. The lowest BCUT2D eigenvalue weighted by Gasteiger charge is -2.56. The fourth-order valence-electron chi connectivity index (χ4n) is 24.0. The van der Waals surface area contributed by atoms with Crippen molar-refractivity contribution in [1.29, 1.82) is 0 Å². The topological polar surface area (TPSA) is 197 Å². The second-order valence-corrected chi connectivity index (χ2v) is 114. The lowest BCUT2D eigenvalue weighted by atomic mass is 9.55. The van der Waals surface area contributed by atoms with Crippen molar-refractivity contribution in [3.63, 3.8) is 0 Å². The zero-order chi connectivity index (χ0) is 109. The number of hydrogen-bond donors (Lipinski definition) is 4. The summed E-state index contributed by atoms with van der Waals surface area (Å²) >= 11 is 19.0. The van der Waals surface area contributed by atoms with E-state index >= 15 is 0 Å². The van der Waals surface area contributed by atoms with Gasteiger partial charge in [-0.2, -0.15) is 0 Å². The van der Waals surface area contributed by atoms with Crippen molar-refractivity contribution in [2.75, 3.05) is 13.2 Å². The van der Waals surface area contributed by atoms with Gasteiger partial charge in [-0.1, -0.05) is 265 Å². The van der Waals surface area contributed by atoms with Crippen molar-refractivity contribution in [1.82, 2.24) is 0 Å². The molecule has 6 aromatic rings. The number of carbonyl (C=O) groups excluding carboxylic acids is 3. The highest BCUT2D eigenvalue weighted by Gasteiger charge is 2.94. The molecule has 4 N–H and O–H groups in total. The third-order valence-corrected chi connectivity index (χ3v) is 96.3. The predicted octanol–water partition coefficient (Wildman–Crippen LogP) is 20.2. The van der Waals surface area contributed by atoms with Crippen LogP contribution >= 0.6 is 0 Å². The lowest BCUT2D eigenvalue weighted by Crippen LogP contribution is -2.66. The molecular formula is C95H124O14S35Si4. The minimum absolute atomic E-state index is 0.0124. The molecule has 4 unspecified atom stereocenters. The second kappa shape index (κ2) is 58.0. The molecule has 6 aromatic carbocycles. The molecule has 4 fully saturated rings. The molecule has 0 aliphatic heterocycles. The molecule has 8 aliphatic rings. The Bertz CT molecular complexity index is 7040. The molecule has 0 bridgehead atoms. The van der Waals surface area contributed by atoms with Crippen molar-refractivity contribution in [3.8, 4) is 0 Å². The molecule has 8 aliphatic carbocycles. The monoisotopic (exact) mass is 2720 g/mol. The Kier molecular flexibility index (Phi) is 51.3. The van der Waals surface area contributed by atoms with Gasteiger partial charge in [-0.05, 0) is 187 Å². The molecule has 0 saturated heterocycles. The summed E-state index contributed by atoms with van der Waals surface area (Å²) in [5.74, 6) is -2.95. The highest BCUT2D eigenvalue weighted by Crippen LogP contribution is 2.88. The first-order valence-electron chi connectivity index (χ1n) is 46.0. The summed E-state index contributed by atoms with van der Waals surface area (Å²) in [7, 11) is 43.4. The van der Waals surface area contributed by atoms with Crippen LogP contribution < -0.4 is 0 Å². The SMILES string of the molecule is C=C(C)C12[C@@H]3C=C(COC(c4ccccc4)(c4ccccc4)c4ccccc4)C[C@]4(O[Si](C)(C)C)C(=O)C(C)=C[C@H]4[C@@]3(O)[C@H](C)CC1(O[Si](C)(C)C)C2(C)C.CC(=O)C12[C@@H]3C=C(COC(c4ccccc4)(c4ccccc4)c4ccccc4)C[C@]4(O[Si](C)(C)C)C(=O)C(C)=C[C@H]4[C@@]3(O)[C@H](C)CC1(O[Si](C)(C)C)C2(C)C.OOO.S=S=S=S=S=S=S=S=S=S=S=S=S=S=S=S=S.S=S=S=S=S=S=S=S=S=S=S=S=S=S=S=S=S=S. The van der Waals surface area contributed by atoms with Crippen molar-refractivity contribution >= 4 is 371 Å². The van der Waals surface area contributed by atoms with Gasteiger partial charge in [0.15, 0.2) is 44.8 Å². The molecule has 53 heteroatoms. The molecule has 14 nitrogen and oxygen atoms in total. The standard InChI is InChI=1S/C48H62O5Si2.C47H60O6Si2.H2O3.S18.S17/c1-33(2)48-41-29-36(32-51-47(37-22-16-13-17-23-37,38-24-18-14-19-25-38)39-26-20-15-21-27-39)31-44(52-54(7,8)9)40(28-34(3)42(44)49)46(41,50)35(4)30-45(48,43(48,5)6)53-55(10,11)12;1-32-27-39-43(41(32)49,52-54(6,7)8)30-35(28-40-45(39,50)33(2)29-44(53-55(9,10)11)42(4,5)47(40,44)34(3)48)31-51-46(36-21-15-12-16-22-36,37-23-17-13-18-24-37)38-25-19-14-20-26-38;1-3-2;1-3-5-7-9-11-13-15-17-18-16-14-12-10-8-6-4-2;1-3-5-7-9-11-13-15-17-16-14-12-10-8-6-4-2/h13-29,35,40-41,50H,1,30-32H2,2-12H3;12-28,33,39-40,50H,29-31H2,1-11H3;1-2H;;/t35-,40-,41-,44-,45?,46+,48?;33-,39-,40-,43-,44?,45+,47?;;;/m11.../s1. The first kappa shape index (κ1) is 131. The zero-order valence-corrected chi connectivity index (χ0v) is 118. The predicted molar refractivity (Wildman–Crippen MR) is 715 cm³/mol. The first-order valence-corrected chi connectivity index (χ1v) is 104. The van der Waals surface area contributed by atoms with Crippen molar-refractivity contribution in [2.45, 2.75) is 218 Å². The van der Waals surface area contributed by atoms with E-state index in [0.29, 0.717) is 30.4 Å². The molecule has 4 saturated carbocycles. The van der Waals surface area contributed by atoms with Gasteiger partial charge in [0.2, 0.25) is 0 Å². The second-order valence-electron chi connectivity index (χ2n) is 41.1. The number of rotatable bonds is 22. The van der Waals surface area contributed by atoms with Crippen LogP contribution in [0.1, 0.15) is 128 Å². The Hall–Kier alpha value is 1.16. The molecule has 14 atom stereocenters. The number of ether oxygens (including phenoxy) is 2. The van der Waals surface area contributed by atoms with Gasteiger partial charge in [-0.3, -0.25) is 14.4 Å². The van der Waals surface area contributed by atoms with Crippen LogP contribution in [0.4, 0.5) is 0 Å². The Balaban J connectivity index is 0.000000225. The third-order valence-electron chi connectivity index (χ3n) is 27.9. The fraction of sp³-hybridized carbons (Fsp3) is 0.484. The summed E-state index contributed by atoms with van der Waals surface area (Å²) in [6.07, 6.45) is 10.2. The molecule has 0 aromatic heterocycles. The smallest absolute Gasteiger partial charge is 0.189 e. The Morgan fingerprint density at radius 1 is 0.358 bits per heavy atom. The number of aliphatic hydroxyl groups is 2. The van der Waals surface area contributed by atoms with E-state index in [9.17, 15) is 24.6 Å². The van der Waals surface area contributed by atoms with Gasteiger partial charge in [-0.25, -0.2) is 10.5 Å². The van der Waals surface area contributed by atoms with Gasteiger partial charge in [0.1, 0.15) is 28.2 Å². The van der Waals surface area contributed by atoms with Gasteiger partial charge < -0.3 is 37.4 Å².